The summed E-state index contributed by atoms with van der Waals surface area (Å²) in [4.78, 5) is 15.1. The van der Waals surface area contributed by atoms with Crippen LogP contribution < -0.4 is 15.8 Å². The number of anilines is 1. The van der Waals surface area contributed by atoms with Crippen molar-refractivity contribution < 1.29 is 9.53 Å². The lowest BCUT2D eigenvalue weighted by molar-refractivity contribution is 0.215. The van der Waals surface area contributed by atoms with E-state index in [4.69, 9.17) is 22.1 Å². The second kappa shape index (κ2) is 6.73. The van der Waals surface area contributed by atoms with Crippen molar-refractivity contribution in [3.05, 3.63) is 59.2 Å². The molecule has 4 N–H and O–H groups in total. The summed E-state index contributed by atoms with van der Waals surface area (Å²) in [6.07, 6.45) is 2.12. The number of hydrogen-bond acceptors (Lipinski definition) is 3. The van der Waals surface area contributed by atoms with Crippen molar-refractivity contribution in [2.45, 2.75) is 6.42 Å². The van der Waals surface area contributed by atoms with Crippen LogP contribution in [0.4, 0.5) is 10.5 Å². The summed E-state index contributed by atoms with van der Waals surface area (Å²) < 4.78 is 5.33. The smallest absolute Gasteiger partial charge is 0.410 e. The molecule has 23 heavy (non-hydrogen) atoms. The first-order chi connectivity index (χ1) is 11.2. The van der Waals surface area contributed by atoms with E-state index >= 15 is 0 Å². The zero-order chi connectivity index (χ0) is 16.2. The Bertz CT molecular complexity index is 845. The number of fused-ring (bicyclic) bond motifs is 1. The van der Waals surface area contributed by atoms with Crippen LogP contribution in [0.15, 0.2) is 48.7 Å². The molecule has 0 atom stereocenters. The van der Waals surface area contributed by atoms with E-state index in [9.17, 15) is 4.79 Å². The maximum absolute atomic E-state index is 12.0. The third-order valence-electron chi connectivity index (χ3n) is 3.43. The van der Waals surface area contributed by atoms with Gasteiger partial charge in [-0.05, 0) is 54.9 Å². The summed E-state index contributed by atoms with van der Waals surface area (Å²) in [6, 6.07) is 12.3. The van der Waals surface area contributed by atoms with E-state index in [1.165, 1.54) is 0 Å². The van der Waals surface area contributed by atoms with Crippen LogP contribution in [0.5, 0.6) is 5.75 Å². The molecule has 1 heterocycles. The Kier molecular flexibility index (Phi) is 4.50. The predicted octanol–water partition coefficient (Wildman–Crippen LogP) is 3.93. The molecule has 0 fully saturated rings. The number of aromatic nitrogens is 1. The third kappa shape index (κ3) is 3.64. The number of rotatable bonds is 4. The summed E-state index contributed by atoms with van der Waals surface area (Å²) in [5.74, 6) is 0.467. The zero-order valence-corrected chi connectivity index (χ0v) is 13.1. The molecule has 0 saturated carbocycles. The molecule has 0 saturated heterocycles. The van der Waals surface area contributed by atoms with Gasteiger partial charge in [0.05, 0.1) is 0 Å². The highest BCUT2D eigenvalue weighted by Crippen LogP contribution is 2.24. The molecule has 1 amide bonds. The first kappa shape index (κ1) is 15.4. The predicted molar refractivity (Wildman–Crippen MR) is 92.2 cm³/mol. The molecule has 5 nitrogen and oxygen atoms in total. The standard InChI is InChI=1S/C17H16ClN3O2/c18-12-2-1-3-13(8-12)21-17(22)23-14-4-5-16-15(9-14)11(6-7-19)10-20-16/h1-5,8-10,20H,6-7,19H2,(H,21,22). The van der Waals surface area contributed by atoms with Gasteiger partial charge in [0, 0.05) is 27.8 Å². The lowest BCUT2D eigenvalue weighted by Crippen LogP contribution is -2.16. The summed E-state index contributed by atoms with van der Waals surface area (Å²) >= 11 is 5.88. The van der Waals surface area contributed by atoms with Gasteiger partial charge in [0.15, 0.2) is 0 Å². The minimum absolute atomic E-state index is 0.467. The molecule has 0 aliphatic rings. The number of carbonyl (C=O) groups excluding carboxylic acids is 1. The van der Waals surface area contributed by atoms with Crippen LogP contribution in [0.25, 0.3) is 10.9 Å². The Hall–Kier alpha value is -2.50. The van der Waals surface area contributed by atoms with Gasteiger partial charge in [-0.25, -0.2) is 4.79 Å². The van der Waals surface area contributed by atoms with Crippen LogP contribution in [-0.4, -0.2) is 17.6 Å². The summed E-state index contributed by atoms with van der Waals surface area (Å²) in [6.45, 7) is 0.563. The fraction of sp³-hybridized carbons (Fsp3) is 0.118. The van der Waals surface area contributed by atoms with Gasteiger partial charge in [-0.2, -0.15) is 0 Å². The van der Waals surface area contributed by atoms with Gasteiger partial charge in [-0.3, -0.25) is 5.32 Å². The van der Waals surface area contributed by atoms with E-state index in [0.29, 0.717) is 23.0 Å². The number of carbonyl (C=O) groups is 1. The Labute approximate surface area is 138 Å². The summed E-state index contributed by atoms with van der Waals surface area (Å²) in [7, 11) is 0. The van der Waals surface area contributed by atoms with Crippen molar-refractivity contribution in [3.63, 3.8) is 0 Å². The molecular formula is C17H16ClN3O2. The number of benzene rings is 2. The van der Waals surface area contributed by atoms with Crippen LogP contribution in [0, 0.1) is 0 Å². The van der Waals surface area contributed by atoms with E-state index in [1.807, 2.05) is 18.3 Å². The number of nitrogens with one attached hydrogen (secondary N) is 2. The van der Waals surface area contributed by atoms with Crippen molar-refractivity contribution in [2.75, 3.05) is 11.9 Å². The monoisotopic (exact) mass is 329 g/mol. The third-order valence-corrected chi connectivity index (χ3v) is 3.67. The zero-order valence-electron chi connectivity index (χ0n) is 12.3. The lowest BCUT2D eigenvalue weighted by atomic mass is 10.1. The molecule has 0 aliphatic carbocycles. The average molecular weight is 330 g/mol. The fourth-order valence-electron chi connectivity index (χ4n) is 2.40. The minimum atomic E-state index is -0.567. The quantitative estimate of drug-likeness (QED) is 0.678. The number of aromatic amines is 1. The van der Waals surface area contributed by atoms with Crippen molar-refractivity contribution >= 4 is 34.3 Å². The van der Waals surface area contributed by atoms with Crippen molar-refractivity contribution in [2.24, 2.45) is 5.73 Å². The first-order valence-electron chi connectivity index (χ1n) is 7.20. The van der Waals surface area contributed by atoms with Gasteiger partial charge in [0.25, 0.3) is 0 Å². The van der Waals surface area contributed by atoms with E-state index < -0.39 is 6.09 Å². The van der Waals surface area contributed by atoms with Crippen molar-refractivity contribution in [3.8, 4) is 5.75 Å². The topological polar surface area (TPSA) is 80.1 Å². The first-order valence-corrected chi connectivity index (χ1v) is 7.58. The summed E-state index contributed by atoms with van der Waals surface area (Å²) in [5, 5.41) is 4.19. The normalized spacial score (nSPS) is 10.7. The highest BCUT2D eigenvalue weighted by molar-refractivity contribution is 6.30. The minimum Gasteiger partial charge on any atom is -0.410 e. The van der Waals surface area contributed by atoms with E-state index in [-0.39, 0.29) is 0 Å². The Morgan fingerprint density at radius 3 is 2.91 bits per heavy atom. The van der Waals surface area contributed by atoms with Crippen LogP contribution in [0.2, 0.25) is 5.02 Å². The maximum atomic E-state index is 12.0. The molecule has 1 aromatic heterocycles. The highest BCUT2D eigenvalue weighted by Gasteiger charge is 2.09. The number of amides is 1. The number of halogens is 1. The van der Waals surface area contributed by atoms with E-state index in [1.54, 1.807) is 30.3 Å². The molecular weight excluding hydrogens is 314 g/mol. The average Bonchev–Trinajstić information content (AvgIpc) is 2.90. The van der Waals surface area contributed by atoms with Gasteiger partial charge >= 0.3 is 6.09 Å². The number of ether oxygens (including phenoxy) is 1. The molecule has 3 aromatic rings. The number of H-pyrrole nitrogens is 1. The molecule has 0 spiro atoms. The van der Waals surface area contributed by atoms with Crippen LogP contribution >= 0.6 is 11.6 Å². The SMILES string of the molecule is NCCc1c[nH]c2ccc(OC(=O)Nc3cccc(Cl)c3)cc12. The van der Waals surface area contributed by atoms with Gasteiger partial charge in [0.2, 0.25) is 0 Å². The molecule has 0 radical (unpaired) electrons. The Morgan fingerprint density at radius 2 is 2.13 bits per heavy atom. The Balaban J connectivity index is 1.75. The second-order valence-corrected chi connectivity index (χ2v) is 5.52. The second-order valence-electron chi connectivity index (χ2n) is 5.08. The molecule has 0 unspecified atom stereocenters. The van der Waals surface area contributed by atoms with Crippen molar-refractivity contribution in [1.82, 2.24) is 4.98 Å². The number of hydrogen-bond donors (Lipinski definition) is 3. The van der Waals surface area contributed by atoms with Gasteiger partial charge in [0.1, 0.15) is 5.75 Å². The van der Waals surface area contributed by atoms with Gasteiger partial charge in [-0.15, -0.1) is 0 Å². The van der Waals surface area contributed by atoms with E-state index in [0.717, 1.165) is 22.9 Å². The summed E-state index contributed by atoms with van der Waals surface area (Å²) in [5.41, 5.74) is 8.27. The highest BCUT2D eigenvalue weighted by atomic mass is 35.5. The van der Waals surface area contributed by atoms with Crippen LogP contribution in [-0.2, 0) is 6.42 Å². The number of nitrogens with two attached hydrogens (primary N) is 1. The van der Waals surface area contributed by atoms with E-state index in [2.05, 4.69) is 10.3 Å². The van der Waals surface area contributed by atoms with Gasteiger partial charge in [-0.1, -0.05) is 17.7 Å². The molecule has 0 bridgehead atoms. The van der Waals surface area contributed by atoms with Crippen LogP contribution in [0.1, 0.15) is 5.56 Å². The molecule has 2 aromatic carbocycles. The largest absolute Gasteiger partial charge is 0.417 e. The molecule has 0 aliphatic heterocycles. The van der Waals surface area contributed by atoms with Gasteiger partial charge < -0.3 is 15.5 Å². The molecule has 3 rings (SSSR count). The molecule has 118 valence electrons. The molecule has 6 heteroatoms. The lowest BCUT2D eigenvalue weighted by Gasteiger charge is -2.07. The Morgan fingerprint density at radius 1 is 1.26 bits per heavy atom. The maximum Gasteiger partial charge on any atom is 0.417 e. The van der Waals surface area contributed by atoms with Crippen LogP contribution in [0.3, 0.4) is 0 Å². The van der Waals surface area contributed by atoms with Crippen molar-refractivity contribution in [1.29, 1.82) is 0 Å². The fourth-order valence-corrected chi connectivity index (χ4v) is 2.59.